The summed E-state index contributed by atoms with van der Waals surface area (Å²) in [5.74, 6) is -0.679. The molecule has 0 spiro atoms. The predicted octanol–water partition coefficient (Wildman–Crippen LogP) is 3.53. The molecule has 5 nitrogen and oxygen atoms in total. The van der Waals surface area contributed by atoms with E-state index in [1.54, 1.807) is 28.9 Å². The number of nitrogens with zero attached hydrogens (tertiary/aromatic N) is 2. The lowest BCUT2D eigenvalue weighted by molar-refractivity contribution is -0.143. The van der Waals surface area contributed by atoms with E-state index in [4.69, 9.17) is 16.3 Å². The van der Waals surface area contributed by atoms with Gasteiger partial charge in [-0.05, 0) is 51.1 Å². The lowest BCUT2D eigenvalue weighted by Crippen LogP contribution is -2.18. The van der Waals surface area contributed by atoms with Crippen LogP contribution in [0.2, 0.25) is 5.02 Å². The van der Waals surface area contributed by atoms with E-state index in [9.17, 15) is 9.59 Å². The topological polar surface area (TPSA) is 61.2 Å². The fourth-order valence-electron chi connectivity index (χ4n) is 2.34. The van der Waals surface area contributed by atoms with E-state index >= 15 is 0 Å². The van der Waals surface area contributed by atoms with E-state index in [2.05, 4.69) is 5.10 Å². The van der Waals surface area contributed by atoms with Crippen molar-refractivity contribution in [1.29, 1.82) is 0 Å². The maximum atomic E-state index is 11.9. The molecule has 0 unspecified atom stereocenters. The molecule has 0 saturated heterocycles. The summed E-state index contributed by atoms with van der Waals surface area (Å²) in [6.45, 7) is 5.46. The standard InChI is InChI=1S/C17H19ClN2O3/c1-11-8-12(2)20(19-11)13(3)9-17(22)23-10-16(21)14-4-6-15(18)7-5-14/h4-8,13H,9-10H2,1-3H3/t13-/m0/s1. The van der Waals surface area contributed by atoms with Crippen LogP contribution in [0.4, 0.5) is 0 Å². The molecule has 122 valence electrons. The fourth-order valence-corrected chi connectivity index (χ4v) is 2.47. The average Bonchev–Trinajstić information content (AvgIpc) is 2.84. The second-order valence-electron chi connectivity index (χ2n) is 5.52. The summed E-state index contributed by atoms with van der Waals surface area (Å²) >= 11 is 5.77. The number of aryl methyl sites for hydroxylation is 2. The van der Waals surface area contributed by atoms with E-state index in [1.807, 2.05) is 26.8 Å². The molecule has 0 N–H and O–H groups in total. The number of aromatic nitrogens is 2. The third-order valence-corrected chi connectivity index (χ3v) is 3.71. The first kappa shape index (κ1) is 17.2. The van der Waals surface area contributed by atoms with Crippen LogP contribution in [0, 0.1) is 13.8 Å². The van der Waals surface area contributed by atoms with Crippen molar-refractivity contribution in [3.05, 3.63) is 52.3 Å². The van der Waals surface area contributed by atoms with Gasteiger partial charge in [0.25, 0.3) is 0 Å². The number of esters is 1. The zero-order valence-electron chi connectivity index (χ0n) is 13.4. The molecule has 0 bridgehead atoms. The van der Waals surface area contributed by atoms with Crippen LogP contribution < -0.4 is 0 Å². The molecule has 0 saturated carbocycles. The number of hydrogen-bond donors (Lipinski definition) is 0. The van der Waals surface area contributed by atoms with E-state index in [0.29, 0.717) is 10.6 Å². The Hall–Kier alpha value is -2.14. The number of rotatable bonds is 6. The summed E-state index contributed by atoms with van der Waals surface area (Å²) in [6, 6.07) is 8.30. The van der Waals surface area contributed by atoms with E-state index < -0.39 is 5.97 Å². The van der Waals surface area contributed by atoms with Gasteiger partial charge in [-0.3, -0.25) is 14.3 Å². The van der Waals surface area contributed by atoms with Crippen LogP contribution in [-0.2, 0) is 9.53 Å². The number of ether oxygens (including phenoxy) is 1. The van der Waals surface area contributed by atoms with Crippen molar-refractivity contribution in [1.82, 2.24) is 9.78 Å². The summed E-state index contributed by atoms with van der Waals surface area (Å²) in [6.07, 6.45) is 0.163. The average molecular weight is 335 g/mol. The summed E-state index contributed by atoms with van der Waals surface area (Å²) in [4.78, 5) is 23.8. The Kier molecular flexibility index (Phi) is 5.55. The van der Waals surface area contributed by atoms with Crippen LogP contribution in [0.1, 0.15) is 41.1 Å². The first-order valence-corrected chi connectivity index (χ1v) is 7.71. The van der Waals surface area contributed by atoms with Gasteiger partial charge < -0.3 is 4.74 Å². The Bertz CT molecular complexity index is 707. The number of hydrogen-bond acceptors (Lipinski definition) is 4. The highest BCUT2D eigenvalue weighted by molar-refractivity contribution is 6.30. The normalized spacial score (nSPS) is 12.0. The zero-order valence-corrected chi connectivity index (χ0v) is 14.1. The predicted molar refractivity (Wildman–Crippen MR) is 87.8 cm³/mol. The van der Waals surface area contributed by atoms with Gasteiger partial charge in [0.2, 0.25) is 0 Å². The quantitative estimate of drug-likeness (QED) is 0.599. The van der Waals surface area contributed by atoms with Gasteiger partial charge in [0, 0.05) is 16.3 Å². The molecule has 0 aliphatic rings. The first-order valence-electron chi connectivity index (χ1n) is 7.34. The van der Waals surface area contributed by atoms with Gasteiger partial charge in [-0.15, -0.1) is 0 Å². The summed E-state index contributed by atoms with van der Waals surface area (Å²) in [7, 11) is 0. The summed E-state index contributed by atoms with van der Waals surface area (Å²) in [5.41, 5.74) is 2.36. The van der Waals surface area contributed by atoms with Crippen LogP contribution in [0.3, 0.4) is 0 Å². The number of carbonyl (C=O) groups is 2. The van der Waals surface area contributed by atoms with Crippen LogP contribution in [0.5, 0.6) is 0 Å². The van der Waals surface area contributed by atoms with Gasteiger partial charge in [0.1, 0.15) is 0 Å². The third kappa shape index (κ3) is 4.66. The first-order chi connectivity index (χ1) is 10.9. The van der Waals surface area contributed by atoms with Gasteiger partial charge in [-0.1, -0.05) is 11.6 Å². The van der Waals surface area contributed by atoms with Crippen molar-refractivity contribution < 1.29 is 14.3 Å². The minimum absolute atomic E-state index is 0.123. The molecular weight excluding hydrogens is 316 g/mol. The number of halogens is 1. The molecule has 0 fully saturated rings. The van der Waals surface area contributed by atoms with Crippen LogP contribution in [-0.4, -0.2) is 28.1 Å². The maximum Gasteiger partial charge on any atom is 0.308 e. The van der Waals surface area contributed by atoms with E-state index in [0.717, 1.165) is 11.4 Å². The smallest absolute Gasteiger partial charge is 0.308 e. The molecule has 1 aromatic heterocycles. The number of Topliss-reactive ketones (excluding diaryl/α,β-unsaturated/α-hetero) is 1. The van der Waals surface area contributed by atoms with Crippen molar-refractivity contribution >= 4 is 23.4 Å². The fraction of sp³-hybridized carbons (Fsp3) is 0.353. The molecule has 23 heavy (non-hydrogen) atoms. The molecule has 1 heterocycles. The van der Waals surface area contributed by atoms with Crippen molar-refractivity contribution in [2.45, 2.75) is 33.2 Å². The van der Waals surface area contributed by atoms with Crippen molar-refractivity contribution in [3.8, 4) is 0 Å². The lowest BCUT2D eigenvalue weighted by Gasteiger charge is -2.13. The Balaban J connectivity index is 1.86. The number of benzene rings is 1. The SMILES string of the molecule is Cc1cc(C)n([C@@H](C)CC(=O)OCC(=O)c2ccc(Cl)cc2)n1. The Morgan fingerprint density at radius 3 is 2.48 bits per heavy atom. The van der Waals surface area contributed by atoms with E-state index in [1.165, 1.54) is 0 Å². The van der Waals surface area contributed by atoms with Crippen molar-refractivity contribution in [3.63, 3.8) is 0 Å². The molecule has 6 heteroatoms. The summed E-state index contributed by atoms with van der Waals surface area (Å²) < 4.78 is 6.85. The molecule has 0 aliphatic heterocycles. The molecule has 0 radical (unpaired) electrons. The monoisotopic (exact) mass is 334 g/mol. The van der Waals surface area contributed by atoms with Gasteiger partial charge >= 0.3 is 5.97 Å². The van der Waals surface area contributed by atoms with Crippen molar-refractivity contribution in [2.75, 3.05) is 6.61 Å². The molecule has 2 rings (SSSR count). The second-order valence-corrected chi connectivity index (χ2v) is 5.95. The minimum atomic E-state index is -0.424. The molecule has 2 aromatic rings. The van der Waals surface area contributed by atoms with Crippen LogP contribution >= 0.6 is 11.6 Å². The van der Waals surface area contributed by atoms with Crippen LogP contribution in [0.15, 0.2) is 30.3 Å². The summed E-state index contributed by atoms with van der Waals surface area (Å²) in [5, 5.41) is 4.90. The Labute approximate surface area is 140 Å². The van der Waals surface area contributed by atoms with Gasteiger partial charge in [0.05, 0.1) is 18.2 Å². The Morgan fingerprint density at radius 2 is 1.91 bits per heavy atom. The highest BCUT2D eigenvalue weighted by Crippen LogP contribution is 2.15. The molecule has 1 aromatic carbocycles. The van der Waals surface area contributed by atoms with Gasteiger partial charge in [0.15, 0.2) is 12.4 Å². The highest BCUT2D eigenvalue weighted by atomic mass is 35.5. The molecule has 0 aliphatic carbocycles. The third-order valence-electron chi connectivity index (χ3n) is 3.45. The molecular formula is C17H19ClN2O3. The maximum absolute atomic E-state index is 11.9. The number of carbonyl (C=O) groups excluding carboxylic acids is 2. The largest absolute Gasteiger partial charge is 0.457 e. The lowest BCUT2D eigenvalue weighted by atomic mass is 10.1. The van der Waals surface area contributed by atoms with Crippen molar-refractivity contribution in [2.24, 2.45) is 0 Å². The second kappa shape index (κ2) is 7.42. The molecule has 0 amide bonds. The Morgan fingerprint density at radius 1 is 1.26 bits per heavy atom. The van der Waals surface area contributed by atoms with Gasteiger partial charge in [-0.2, -0.15) is 5.10 Å². The zero-order chi connectivity index (χ0) is 17.0. The minimum Gasteiger partial charge on any atom is -0.457 e. The van der Waals surface area contributed by atoms with Crippen LogP contribution in [0.25, 0.3) is 0 Å². The van der Waals surface area contributed by atoms with Gasteiger partial charge in [-0.25, -0.2) is 0 Å². The highest BCUT2D eigenvalue weighted by Gasteiger charge is 2.16. The van der Waals surface area contributed by atoms with E-state index in [-0.39, 0.29) is 24.9 Å². The molecule has 1 atom stereocenters. The number of ketones is 1.